The Labute approximate surface area is 164 Å². The fourth-order valence-electron chi connectivity index (χ4n) is 3.11. The van der Waals surface area contributed by atoms with Crippen molar-refractivity contribution in [3.63, 3.8) is 0 Å². The van der Waals surface area contributed by atoms with E-state index in [0.717, 1.165) is 5.56 Å². The molecule has 1 aliphatic rings. The van der Waals surface area contributed by atoms with Crippen molar-refractivity contribution in [2.75, 3.05) is 23.7 Å². The molecule has 0 saturated carbocycles. The highest BCUT2D eigenvalue weighted by Gasteiger charge is 2.33. The predicted octanol–water partition coefficient (Wildman–Crippen LogP) is 3.22. The topological polar surface area (TPSA) is 78.5 Å². The van der Waals surface area contributed by atoms with E-state index in [-0.39, 0.29) is 24.1 Å². The third kappa shape index (κ3) is 4.65. The first-order chi connectivity index (χ1) is 13.5. The summed E-state index contributed by atoms with van der Waals surface area (Å²) in [5, 5.41) is 5.66. The van der Waals surface area contributed by atoms with E-state index in [1.54, 1.807) is 47.4 Å². The lowest BCUT2D eigenvalue weighted by Crippen LogP contribution is -2.28. The van der Waals surface area contributed by atoms with Crippen molar-refractivity contribution in [1.29, 1.82) is 0 Å². The number of carbonyl (C=O) groups is 3. The van der Waals surface area contributed by atoms with E-state index in [4.69, 9.17) is 0 Å². The number of rotatable bonds is 6. The van der Waals surface area contributed by atoms with Crippen molar-refractivity contribution in [3.05, 3.63) is 72.3 Å². The second kappa shape index (κ2) is 8.52. The zero-order chi connectivity index (χ0) is 20.1. The Hall–Kier alpha value is -3.41. The summed E-state index contributed by atoms with van der Waals surface area (Å²) in [5.74, 6) is -0.857. The van der Waals surface area contributed by atoms with E-state index in [2.05, 4.69) is 17.2 Å². The molecule has 2 aromatic rings. The van der Waals surface area contributed by atoms with E-state index in [1.165, 1.54) is 0 Å². The first-order valence-corrected chi connectivity index (χ1v) is 9.14. The molecule has 0 bridgehead atoms. The number of nitrogens with one attached hydrogen (secondary N) is 2. The summed E-state index contributed by atoms with van der Waals surface area (Å²) in [6.07, 6.45) is 1.85. The molecule has 1 aliphatic heterocycles. The molecule has 2 N–H and O–H groups in total. The minimum atomic E-state index is -0.391. The maximum Gasteiger partial charge on any atom is 0.255 e. The molecule has 0 unspecified atom stereocenters. The van der Waals surface area contributed by atoms with Crippen LogP contribution >= 0.6 is 0 Å². The molecule has 2 aromatic carbocycles. The van der Waals surface area contributed by atoms with Gasteiger partial charge >= 0.3 is 0 Å². The van der Waals surface area contributed by atoms with E-state index in [0.29, 0.717) is 30.0 Å². The predicted molar refractivity (Wildman–Crippen MR) is 109 cm³/mol. The van der Waals surface area contributed by atoms with Gasteiger partial charge in [-0.25, -0.2) is 0 Å². The van der Waals surface area contributed by atoms with Crippen molar-refractivity contribution in [2.45, 2.75) is 13.3 Å². The summed E-state index contributed by atoms with van der Waals surface area (Å²) in [6.45, 7) is 6.42. The fraction of sp³-hybridized carbons (Fsp3) is 0.227. The van der Waals surface area contributed by atoms with Gasteiger partial charge in [-0.1, -0.05) is 29.8 Å². The molecular formula is C22H23N3O3. The maximum absolute atomic E-state index is 12.5. The molecule has 1 heterocycles. The number of carbonyl (C=O) groups excluding carboxylic acids is 3. The van der Waals surface area contributed by atoms with E-state index >= 15 is 0 Å². The van der Waals surface area contributed by atoms with Crippen LogP contribution in [0.15, 0.2) is 61.2 Å². The zero-order valence-electron chi connectivity index (χ0n) is 15.8. The molecule has 0 radical (unpaired) electrons. The molecule has 1 fully saturated rings. The van der Waals surface area contributed by atoms with Crippen LogP contribution in [0.2, 0.25) is 0 Å². The van der Waals surface area contributed by atoms with Crippen LogP contribution in [0, 0.1) is 12.8 Å². The minimum Gasteiger partial charge on any atom is -0.338 e. The van der Waals surface area contributed by atoms with Crippen LogP contribution in [-0.2, 0) is 9.59 Å². The van der Waals surface area contributed by atoms with Crippen LogP contribution in [0.5, 0.6) is 0 Å². The average Bonchev–Trinajstić information content (AvgIpc) is 3.04. The number of aryl methyl sites for hydroxylation is 1. The summed E-state index contributed by atoms with van der Waals surface area (Å²) >= 11 is 0. The number of likely N-dealkylation sites (tertiary alicyclic amines) is 1. The van der Waals surface area contributed by atoms with Crippen molar-refractivity contribution < 1.29 is 14.4 Å². The largest absolute Gasteiger partial charge is 0.338 e. The lowest BCUT2D eigenvalue weighted by molar-refractivity contribution is -0.127. The van der Waals surface area contributed by atoms with Gasteiger partial charge in [-0.3, -0.25) is 14.4 Å². The van der Waals surface area contributed by atoms with Gasteiger partial charge in [-0.2, -0.15) is 0 Å². The quantitative estimate of drug-likeness (QED) is 0.759. The Morgan fingerprint density at radius 3 is 2.50 bits per heavy atom. The normalized spacial score (nSPS) is 16.0. The van der Waals surface area contributed by atoms with E-state index in [9.17, 15) is 14.4 Å². The summed E-state index contributed by atoms with van der Waals surface area (Å²) in [7, 11) is 0. The number of benzene rings is 2. The number of hydrogen-bond donors (Lipinski definition) is 2. The highest BCUT2D eigenvalue weighted by atomic mass is 16.2. The van der Waals surface area contributed by atoms with Gasteiger partial charge in [0.05, 0.1) is 5.92 Å². The lowest BCUT2D eigenvalue weighted by Gasteiger charge is -2.14. The van der Waals surface area contributed by atoms with Crippen LogP contribution in [0.25, 0.3) is 0 Å². The molecule has 6 heteroatoms. The highest BCUT2D eigenvalue weighted by Crippen LogP contribution is 2.21. The van der Waals surface area contributed by atoms with Crippen molar-refractivity contribution in [1.82, 2.24) is 4.90 Å². The molecule has 6 nitrogen and oxygen atoms in total. The minimum absolute atomic E-state index is 0.0424. The first-order valence-electron chi connectivity index (χ1n) is 9.14. The standard InChI is InChI=1S/C22H23N3O3/c1-3-11-25-14-17(12-20(25)26)22(28)24-19-6-4-5-18(13-19)23-21(27)16-9-7-15(2)8-10-16/h3-10,13,17H,1,11-12,14H2,2H3,(H,23,27)(H,24,28)/t17-/m1/s1. The van der Waals surface area contributed by atoms with Gasteiger partial charge in [-0.05, 0) is 37.3 Å². The van der Waals surface area contributed by atoms with Gasteiger partial charge in [0.15, 0.2) is 0 Å². The van der Waals surface area contributed by atoms with Gasteiger partial charge in [-0.15, -0.1) is 6.58 Å². The molecule has 3 rings (SSSR count). The molecule has 1 saturated heterocycles. The smallest absolute Gasteiger partial charge is 0.255 e. The molecule has 0 spiro atoms. The van der Waals surface area contributed by atoms with Crippen molar-refractivity contribution in [2.24, 2.45) is 5.92 Å². The van der Waals surface area contributed by atoms with Crippen molar-refractivity contribution in [3.8, 4) is 0 Å². The summed E-state index contributed by atoms with van der Waals surface area (Å²) in [5.41, 5.74) is 2.80. The SMILES string of the molecule is C=CCN1C[C@H](C(=O)Nc2cccc(NC(=O)c3ccc(C)cc3)c2)CC1=O. The van der Waals surface area contributed by atoms with Crippen LogP contribution in [0.4, 0.5) is 11.4 Å². The summed E-state index contributed by atoms with van der Waals surface area (Å²) < 4.78 is 0. The lowest BCUT2D eigenvalue weighted by atomic mass is 10.1. The van der Waals surface area contributed by atoms with Gasteiger partial charge in [0.1, 0.15) is 0 Å². The second-order valence-corrected chi connectivity index (χ2v) is 6.88. The molecular weight excluding hydrogens is 354 g/mol. The van der Waals surface area contributed by atoms with Gasteiger partial charge in [0, 0.05) is 36.4 Å². The molecule has 0 aromatic heterocycles. The fourth-order valence-corrected chi connectivity index (χ4v) is 3.11. The van der Waals surface area contributed by atoms with Crippen LogP contribution in [-0.4, -0.2) is 35.7 Å². The monoisotopic (exact) mass is 377 g/mol. The van der Waals surface area contributed by atoms with Crippen molar-refractivity contribution >= 4 is 29.1 Å². The first kappa shape index (κ1) is 19.4. The van der Waals surface area contributed by atoms with Crippen LogP contribution in [0.3, 0.4) is 0 Å². The number of nitrogens with zero attached hydrogens (tertiary/aromatic N) is 1. The number of anilines is 2. The van der Waals surface area contributed by atoms with E-state index < -0.39 is 5.92 Å². The summed E-state index contributed by atoms with van der Waals surface area (Å²) in [6, 6.07) is 14.2. The number of hydrogen-bond acceptors (Lipinski definition) is 3. The third-order valence-electron chi connectivity index (χ3n) is 4.64. The molecule has 28 heavy (non-hydrogen) atoms. The van der Waals surface area contributed by atoms with Gasteiger partial charge < -0.3 is 15.5 Å². The van der Waals surface area contributed by atoms with Crippen LogP contribution in [0.1, 0.15) is 22.3 Å². The third-order valence-corrected chi connectivity index (χ3v) is 4.64. The van der Waals surface area contributed by atoms with Gasteiger partial charge in [0.25, 0.3) is 5.91 Å². The maximum atomic E-state index is 12.5. The van der Waals surface area contributed by atoms with Gasteiger partial charge in [0.2, 0.25) is 11.8 Å². The Bertz CT molecular complexity index is 905. The molecule has 0 aliphatic carbocycles. The molecule has 144 valence electrons. The zero-order valence-corrected chi connectivity index (χ0v) is 15.8. The van der Waals surface area contributed by atoms with E-state index in [1.807, 2.05) is 19.1 Å². The average molecular weight is 377 g/mol. The summed E-state index contributed by atoms with van der Waals surface area (Å²) in [4.78, 5) is 38.4. The molecule has 1 atom stereocenters. The molecule has 3 amide bonds. The Morgan fingerprint density at radius 1 is 1.14 bits per heavy atom. The number of amides is 3. The Kier molecular flexibility index (Phi) is 5.89. The van der Waals surface area contributed by atoms with Crippen LogP contribution < -0.4 is 10.6 Å². The Morgan fingerprint density at radius 2 is 1.82 bits per heavy atom. The Balaban J connectivity index is 1.62. The second-order valence-electron chi connectivity index (χ2n) is 6.88. The highest BCUT2D eigenvalue weighted by molar-refractivity contribution is 6.05.